The number of nitrogens with two attached hydrogens (primary N) is 1. The molecule has 0 radical (unpaired) electrons. The number of primary amides is 1. The molecule has 0 bridgehead atoms. The van der Waals surface area contributed by atoms with Crippen LogP contribution in [-0.4, -0.2) is 23.0 Å². The molecule has 3 aliphatic rings. The monoisotopic (exact) mass is 248 g/mol. The third-order valence-electron chi connectivity index (χ3n) is 5.14. The molecule has 0 saturated heterocycles. The van der Waals surface area contributed by atoms with Crippen molar-refractivity contribution < 1.29 is 4.79 Å². The van der Waals surface area contributed by atoms with Crippen LogP contribution in [0.3, 0.4) is 0 Å². The Kier molecular flexibility index (Phi) is 3.31. The number of carbonyl (C=O) groups excluding carboxylic acids is 1. The first-order valence-corrected chi connectivity index (χ1v) is 7.53. The molecule has 4 unspecified atom stereocenters. The minimum atomic E-state index is -0.188. The number of hydrogen-bond donors (Lipinski definition) is 1. The van der Waals surface area contributed by atoms with E-state index in [1.165, 1.54) is 38.5 Å². The number of rotatable bonds is 0. The van der Waals surface area contributed by atoms with Crippen molar-refractivity contribution in [2.45, 2.75) is 63.5 Å². The summed E-state index contributed by atoms with van der Waals surface area (Å²) >= 11 is 0. The van der Waals surface area contributed by atoms with E-state index in [0.717, 1.165) is 12.8 Å². The fraction of sp³-hybridized carbons (Fsp3) is 0.800. The van der Waals surface area contributed by atoms with E-state index >= 15 is 0 Å². The summed E-state index contributed by atoms with van der Waals surface area (Å²) in [5.41, 5.74) is 5.71. The molecule has 0 aromatic carbocycles. The van der Waals surface area contributed by atoms with Gasteiger partial charge in [-0.05, 0) is 37.5 Å². The Balaban J connectivity index is 1.91. The second kappa shape index (κ2) is 4.94. The number of nitrogens with zero attached hydrogens (tertiary/aromatic N) is 1. The third-order valence-corrected chi connectivity index (χ3v) is 5.14. The first kappa shape index (κ1) is 12.1. The zero-order valence-electron chi connectivity index (χ0n) is 11.1. The van der Waals surface area contributed by atoms with Gasteiger partial charge in [0.2, 0.25) is 0 Å². The lowest BCUT2D eigenvalue weighted by Crippen LogP contribution is -2.54. The maximum absolute atomic E-state index is 11.9. The van der Waals surface area contributed by atoms with Crippen LogP contribution < -0.4 is 5.73 Å². The summed E-state index contributed by atoms with van der Waals surface area (Å²) in [5.74, 6) is 1.11. The normalized spacial score (nSPS) is 39.7. The highest BCUT2D eigenvalue weighted by Crippen LogP contribution is 2.39. The quantitative estimate of drug-likeness (QED) is 0.658. The van der Waals surface area contributed by atoms with Crippen molar-refractivity contribution in [3.63, 3.8) is 0 Å². The van der Waals surface area contributed by atoms with Crippen molar-refractivity contribution in [3.8, 4) is 0 Å². The van der Waals surface area contributed by atoms with Crippen LogP contribution in [-0.2, 0) is 0 Å². The van der Waals surface area contributed by atoms with Gasteiger partial charge >= 0.3 is 6.03 Å². The Morgan fingerprint density at radius 2 is 1.33 bits per heavy atom. The van der Waals surface area contributed by atoms with Crippen LogP contribution in [0.2, 0.25) is 0 Å². The summed E-state index contributed by atoms with van der Waals surface area (Å²) in [6, 6.07) is 0.564. The number of amides is 2. The molecule has 0 spiro atoms. The standard InChI is InChI=1S/C15H24N2O/c16-15(18)17-13-7-3-1-5-11(13)9-10-12-6-2-4-8-14(12)17/h9-14H,1-8H2,(H2,16,18). The summed E-state index contributed by atoms with van der Waals surface area (Å²) in [5, 5.41) is 0. The van der Waals surface area contributed by atoms with Gasteiger partial charge in [0.1, 0.15) is 0 Å². The average Bonchev–Trinajstić information content (AvgIpc) is 2.55. The summed E-state index contributed by atoms with van der Waals surface area (Å²) in [7, 11) is 0. The van der Waals surface area contributed by atoms with E-state index < -0.39 is 0 Å². The molecule has 2 amide bonds. The molecule has 1 aliphatic heterocycles. The Labute approximate surface area is 109 Å². The van der Waals surface area contributed by atoms with Gasteiger partial charge in [0, 0.05) is 12.1 Å². The molecule has 0 aromatic heterocycles. The van der Waals surface area contributed by atoms with Gasteiger partial charge in [0.05, 0.1) is 0 Å². The van der Waals surface area contributed by atoms with Crippen LogP contribution in [0.5, 0.6) is 0 Å². The third kappa shape index (κ3) is 2.04. The summed E-state index contributed by atoms with van der Waals surface area (Å²) < 4.78 is 0. The molecule has 18 heavy (non-hydrogen) atoms. The fourth-order valence-corrected chi connectivity index (χ4v) is 4.28. The molecule has 2 N–H and O–H groups in total. The minimum Gasteiger partial charge on any atom is -0.351 e. The predicted octanol–water partition coefficient (Wildman–Crippen LogP) is 3.05. The number of carbonyl (C=O) groups is 1. The lowest BCUT2D eigenvalue weighted by Gasteiger charge is -2.44. The molecule has 1 heterocycles. The van der Waals surface area contributed by atoms with Crippen LogP contribution in [0.25, 0.3) is 0 Å². The highest BCUT2D eigenvalue weighted by atomic mass is 16.2. The molecule has 3 rings (SSSR count). The van der Waals surface area contributed by atoms with Crippen molar-refractivity contribution in [2.24, 2.45) is 17.6 Å². The van der Waals surface area contributed by atoms with Crippen molar-refractivity contribution in [1.29, 1.82) is 0 Å². The minimum absolute atomic E-state index is 0.188. The molecule has 4 atom stereocenters. The van der Waals surface area contributed by atoms with Crippen molar-refractivity contribution in [3.05, 3.63) is 12.2 Å². The van der Waals surface area contributed by atoms with Gasteiger partial charge in [0.25, 0.3) is 0 Å². The molecular formula is C15H24N2O. The van der Waals surface area contributed by atoms with Crippen LogP contribution in [0, 0.1) is 11.8 Å². The van der Waals surface area contributed by atoms with Gasteiger partial charge in [-0.25, -0.2) is 4.79 Å². The first-order valence-electron chi connectivity index (χ1n) is 7.53. The summed E-state index contributed by atoms with van der Waals surface area (Å²) in [4.78, 5) is 14.0. The van der Waals surface area contributed by atoms with Gasteiger partial charge in [-0.1, -0.05) is 37.8 Å². The molecule has 2 aliphatic carbocycles. The van der Waals surface area contributed by atoms with E-state index in [1.54, 1.807) is 0 Å². The molecule has 100 valence electrons. The molecular weight excluding hydrogens is 224 g/mol. The SMILES string of the molecule is NC(=O)N1C2CCCCC2C=CC2CCCCC21. The summed E-state index contributed by atoms with van der Waals surface area (Å²) in [6.45, 7) is 0. The van der Waals surface area contributed by atoms with E-state index in [4.69, 9.17) is 5.73 Å². The smallest absolute Gasteiger partial charge is 0.315 e. The van der Waals surface area contributed by atoms with E-state index in [9.17, 15) is 4.79 Å². The second-order valence-electron chi connectivity index (χ2n) is 6.16. The van der Waals surface area contributed by atoms with Crippen LogP contribution in [0.1, 0.15) is 51.4 Å². The first-order chi connectivity index (χ1) is 8.77. The van der Waals surface area contributed by atoms with Crippen molar-refractivity contribution in [2.75, 3.05) is 0 Å². The topological polar surface area (TPSA) is 46.3 Å². The Hall–Kier alpha value is -0.990. The van der Waals surface area contributed by atoms with Gasteiger partial charge in [-0.2, -0.15) is 0 Å². The number of urea groups is 1. The van der Waals surface area contributed by atoms with Gasteiger partial charge in [-0.15, -0.1) is 0 Å². The van der Waals surface area contributed by atoms with Gasteiger partial charge in [0.15, 0.2) is 0 Å². The fourth-order valence-electron chi connectivity index (χ4n) is 4.28. The van der Waals surface area contributed by atoms with E-state index in [1.807, 2.05) is 0 Å². The molecule has 3 heteroatoms. The highest BCUT2D eigenvalue weighted by Gasteiger charge is 2.40. The van der Waals surface area contributed by atoms with E-state index in [-0.39, 0.29) is 6.03 Å². The average molecular weight is 248 g/mol. The highest BCUT2D eigenvalue weighted by molar-refractivity contribution is 5.73. The lowest BCUT2D eigenvalue weighted by molar-refractivity contribution is 0.0820. The number of hydrogen-bond acceptors (Lipinski definition) is 1. The maximum atomic E-state index is 11.9. The second-order valence-corrected chi connectivity index (χ2v) is 6.16. The molecule has 2 fully saturated rings. The maximum Gasteiger partial charge on any atom is 0.315 e. The van der Waals surface area contributed by atoms with Crippen molar-refractivity contribution in [1.82, 2.24) is 4.90 Å². The van der Waals surface area contributed by atoms with Gasteiger partial charge < -0.3 is 10.6 Å². The zero-order valence-corrected chi connectivity index (χ0v) is 11.1. The Bertz CT molecular complexity index is 326. The molecule has 3 nitrogen and oxygen atoms in total. The lowest BCUT2D eigenvalue weighted by atomic mass is 9.82. The summed E-state index contributed by atoms with van der Waals surface area (Å²) in [6.07, 6.45) is 14.6. The van der Waals surface area contributed by atoms with E-state index in [2.05, 4.69) is 17.1 Å². The number of fused-ring (bicyclic) bond motifs is 2. The van der Waals surface area contributed by atoms with Crippen LogP contribution in [0.15, 0.2) is 12.2 Å². The Morgan fingerprint density at radius 1 is 0.889 bits per heavy atom. The molecule has 0 aromatic rings. The van der Waals surface area contributed by atoms with Crippen LogP contribution in [0.4, 0.5) is 4.79 Å². The predicted molar refractivity (Wildman–Crippen MR) is 72.1 cm³/mol. The Morgan fingerprint density at radius 3 is 1.78 bits per heavy atom. The zero-order chi connectivity index (χ0) is 12.5. The van der Waals surface area contributed by atoms with Crippen LogP contribution >= 0.6 is 0 Å². The largest absolute Gasteiger partial charge is 0.351 e. The van der Waals surface area contributed by atoms with E-state index in [0.29, 0.717) is 23.9 Å². The van der Waals surface area contributed by atoms with Gasteiger partial charge in [-0.3, -0.25) is 0 Å². The molecule has 2 saturated carbocycles. The van der Waals surface area contributed by atoms with Crippen molar-refractivity contribution >= 4 is 6.03 Å².